The van der Waals surface area contributed by atoms with Crippen molar-refractivity contribution in [1.82, 2.24) is 0 Å². The van der Waals surface area contributed by atoms with Gasteiger partial charge in [-0.3, -0.25) is 0 Å². The summed E-state index contributed by atoms with van der Waals surface area (Å²) in [7, 11) is 0. The van der Waals surface area contributed by atoms with Crippen LogP contribution in [0.3, 0.4) is 0 Å². The number of halogens is 5. The van der Waals surface area contributed by atoms with Crippen molar-refractivity contribution in [2.45, 2.75) is 5.38 Å². The van der Waals surface area contributed by atoms with E-state index >= 15 is 0 Å². The normalized spacial score (nSPS) is 11.1. The highest BCUT2D eigenvalue weighted by Gasteiger charge is 2.20. The van der Waals surface area contributed by atoms with Crippen molar-refractivity contribution in [1.29, 1.82) is 0 Å². The molecule has 0 atom stereocenters. The van der Waals surface area contributed by atoms with Gasteiger partial charge in [-0.05, 0) is 11.6 Å². The van der Waals surface area contributed by atoms with E-state index in [1.54, 1.807) is 0 Å². The van der Waals surface area contributed by atoms with Gasteiger partial charge in [-0.2, -0.15) is 8.78 Å². The third-order valence-corrected chi connectivity index (χ3v) is 0.600. The van der Waals surface area contributed by atoms with Gasteiger partial charge in [0.2, 0.25) is 0 Å². The monoisotopic (exact) mass is 180 g/mol. The molecular formula is C3HCl3F2. The molecule has 0 rings (SSSR count). The summed E-state index contributed by atoms with van der Waals surface area (Å²) >= 11 is 14.0. The van der Waals surface area contributed by atoms with Gasteiger partial charge in [0.25, 0.3) is 0 Å². The summed E-state index contributed by atoms with van der Waals surface area (Å²) in [5.74, 6) is 0. The Bertz CT molecular complexity index is 99.6. The summed E-state index contributed by atoms with van der Waals surface area (Å²) in [6.45, 7) is 0. The zero-order chi connectivity index (χ0) is 6.78. The van der Waals surface area contributed by atoms with Gasteiger partial charge in [-0.1, -0.05) is 23.2 Å². The van der Waals surface area contributed by atoms with E-state index in [0.29, 0.717) is 0 Å². The first kappa shape index (κ1) is 8.47. The summed E-state index contributed by atoms with van der Waals surface area (Å²) in [5.41, 5.74) is 0. The molecule has 0 aromatic carbocycles. The highest BCUT2D eigenvalue weighted by Crippen LogP contribution is 2.24. The molecule has 0 aliphatic heterocycles. The van der Waals surface area contributed by atoms with Gasteiger partial charge in [0, 0.05) is 6.08 Å². The minimum Gasteiger partial charge on any atom is -0.184 e. The van der Waals surface area contributed by atoms with Crippen LogP contribution in [0.5, 0.6) is 0 Å². The summed E-state index contributed by atoms with van der Waals surface area (Å²) in [6.07, 6.45) is 0.234. The molecule has 0 saturated heterocycles. The van der Waals surface area contributed by atoms with Crippen LogP contribution in [0.15, 0.2) is 10.6 Å². The van der Waals surface area contributed by atoms with Gasteiger partial charge in [-0.15, -0.1) is 0 Å². The van der Waals surface area contributed by atoms with E-state index < -0.39 is 9.87 Å². The van der Waals surface area contributed by atoms with Gasteiger partial charge in [0.1, 0.15) is 4.49 Å². The molecule has 0 aliphatic rings. The smallest absolute Gasteiger partial charge is 0.184 e. The quantitative estimate of drug-likeness (QED) is 0.545. The SMILES string of the molecule is FC(F)(Cl)C=C(Cl)Cl. The highest BCUT2D eigenvalue weighted by atomic mass is 35.5. The molecule has 0 aromatic heterocycles. The molecule has 0 aliphatic carbocycles. The fourth-order valence-electron chi connectivity index (χ4n) is 0.124. The lowest BCUT2D eigenvalue weighted by atomic mass is 10.7. The number of alkyl halides is 3. The van der Waals surface area contributed by atoms with E-state index in [4.69, 9.17) is 23.2 Å². The minimum atomic E-state index is -3.43. The Morgan fingerprint density at radius 1 is 1.38 bits per heavy atom. The lowest BCUT2D eigenvalue weighted by Crippen LogP contribution is -1.98. The van der Waals surface area contributed by atoms with Gasteiger partial charge in [0.05, 0.1) is 0 Å². The average Bonchev–Trinajstić information content (AvgIpc) is 1.21. The predicted molar refractivity (Wildman–Crippen MR) is 30.6 cm³/mol. The van der Waals surface area contributed by atoms with E-state index in [2.05, 4.69) is 11.6 Å². The maximum absolute atomic E-state index is 11.5. The lowest BCUT2D eigenvalue weighted by molar-refractivity contribution is 0.153. The Morgan fingerprint density at radius 2 is 1.75 bits per heavy atom. The second kappa shape index (κ2) is 2.85. The molecule has 0 N–H and O–H groups in total. The topological polar surface area (TPSA) is 0 Å². The molecule has 0 radical (unpaired) electrons. The van der Waals surface area contributed by atoms with E-state index in [0.717, 1.165) is 0 Å². The van der Waals surface area contributed by atoms with Crippen molar-refractivity contribution in [2.75, 3.05) is 0 Å². The van der Waals surface area contributed by atoms with Crippen LogP contribution in [-0.4, -0.2) is 5.38 Å². The Hall–Kier alpha value is 0.470. The zero-order valence-electron chi connectivity index (χ0n) is 3.47. The van der Waals surface area contributed by atoms with Gasteiger partial charge >= 0.3 is 5.38 Å². The number of hydrogen-bond donors (Lipinski definition) is 0. The van der Waals surface area contributed by atoms with Gasteiger partial charge in [0.15, 0.2) is 0 Å². The molecule has 0 heterocycles. The second-order valence-electron chi connectivity index (χ2n) is 0.976. The predicted octanol–water partition coefficient (Wildman–Crippen LogP) is 3.14. The standard InChI is InChI=1S/C3HCl3F2/c4-2(5)1-3(6,7)8/h1H. The average molecular weight is 181 g/mol. The largest absolute Gasteiger partial charge is 0.344 e. The third-order valence-electron chi connectivity index (χ3n) is 0.273. The van der Waals surface area contributed by atoms with E-state index in [-0.39, 0.29) is 6.08 Å². The first-order valence-corrected chi connectivity index (χ1v) is 2.66. The fourth-order valence-corrected chi connectivity index (χ4v) is 0.619. The number of rotatable bonds is 1. The van der Waals surface area contributed by atoms with Crippen LogP contribution in [0.25, 0.3) is 0 Å². The summed E-state index contributed by atoms with van der Waals surface area (Å²) in [5, 5.41) is -3.43. The maximum atomic E-state index is 11.5. The van der Waals surface area contributed by atoms with Crippen LogP contribution >= 0.6 is 34.8 Å². The Kier molecular flexibility index (Phi) is 3.02. The van der Waals surface area contributed by atoms with Gasteiger partial charge < -0.3 is 0 Å². The van der Waals surface area contributed by atoms with Crippen LogP contribution in [0.4, 0.5) is 8.78 Å². The first-order chi connectivity index (χ1) is 3.42. The van der Waals surface area contributed by atoms with Crippen LogP contribution in [0, 0.1) is 0 Å². The highest BCUT2D eigenvalue weighted by molar-refractivity contribution is 6.56. The van der Waals surface area contributed by atoms with E-state index in [1.807, 2.05) is 0 Å². The number of allylic oxidation sites excluding steroid dienone is 1. The molecule has 0 saturated carbocycles. The molecule has 0 bridgehead atoms. The van der Waals surface area contributed by atoms with E-state index in [9.17, 15) is 8.78 Å². The van der Waals surface area contributed by atoms with Crippen LogP contribution < -0.4 is 0 Å². The van der Waals surface area contributed by atoms with Crippen LogP contribution in [-0.2, 0) is 0 Å². The van der Waals surface area contributed by atoms with Crippen molar-refractivity contribution >= 4 is 34.8 Å². The number of hydrogen-bond acceptors (Lipinski definition) is 0. The molecule has 0 fully saturated rings. The molecule has 8 heavy (non-hydrogen) atoms. The zero-order valence-corrected chi connectivity index (χ0v) is 5.73. The Morgan fingerprint density at radius 3 is 1.75 bits per heavy atom. The maximum Gasteiger partial charge on any atom is 0.344 e. The third kappa shape index (κ3) is 6.47. The molecule has 0 aromatic rings. The Labute approximate surface area is 60.0 Å². The molecular weight excluding hydrogens is 180 g/mol. The van der Waals surface area contributed by atoms with Crippen molar-refractivity contribution in [3.63, 3.8) is 0 Å². The van der Waals surface area contributed by atoms with Crippen LogP contribution in [0.2, 0.25) is 0 Å². The lowest BCUT2D eigenvalue weighted by Gasteiger charge is -1.96. The summed E-state index contributed by atoms with van der Waals surface area (Å²) in [6, 6.07) is 0. The van der Waals surface area contributed by atoms with Crippen molar-refractivity contribution < 1.29 is 8.78 Å². The van der Waals surface area contributed by atoms with E-state index in [1.165, 1.54) is 0 Å². The first-order valence-electron chi connectivity index (χ1n) is 1.52. The molecule has 0 amide bonds. The second-order valence-corrected chi connectivity index (χ2v) is 2.49. The summed E-state index contributed by atoms with van der Waals surface area (Å²) in [4.78, 5) is 0. The van der Waals surface area contributed by atoms with Gasteiger partial charge in [-0.25, -0.2) is 0 Å². The molecule has 0 nitrogen and oxygen atoms in total. The summed E-state index contributed by atoms with van der Waals surface area (Å²) < 4.78 is 22.4. The van der Waals surface area contributed by atoms with Crippen molar-refractivity contribution in [2.24, 2.45) is 0 Å². The molecule has 0 unspecified atom stereocenters. The Balaban J connectivity index is 3.89. The minimum absolute atomic E-state index is 0.234. The molecule has 5 heteroatoms. The molecule has 0 spiro atoms. The fraction of sp³-hybridized carbons (Fsp3) is 0.333. The van der Waals surface area contributed by atoms with Crippen LogP contribution in [0.1, 0.15) is 0 Å². The molecule has 48 valence electrons. The van der Waals surface area contributed by atoms with Crippen molar-refractivity contribution in [3.8, 4) is 0 Å². The van der Waals surface area contributed by atoms with Crippen molar-refractivity contribution in [3.05, 3.63) is 10.6 Å².